The summed E-state index contributed by atoms with van der Waals surface area (Å²) in [6, 6.07) is 9.21. The van der Waals surface area contributed by atoms with E-state index in [4.69, 9.17) is 9.47 Å². The number of esters is 2. The smallest absolute Gasteiger partial charge is 0.338 e. The topological polar surface area (TPSA) is 93.1 Å². The highest BCUT2D eigenvalue weighted by atomic mass is 16.5. The fraction of sp³-hybridized carbons (Fsp3) is 0.417. The molecule has 0 amide bonds. The maximum atomic E-state index is 12.3. The van der Waals surface area contributed by atoms with Gasteiger partial charge in [-0.05, 0) is 98.9 Å². The van der Waals surface area contributed by atoms with Crippen LogP contribution >= 0.6 is 0 Å². The molecule has 0 aliphatic heterocycles. The second-order valence-corrected chi connectivity index (χ2v) is 8.08. The first-order valence-corrected chi connectivity index (χ1v) is 10.3. The Hall–Kier alpha value is -3.02. The van der Waals surface area contributed by atoms with E-state index < -0.39 is 0 Å². The van der Waals surface area contributed by atoms with E-state index in [0.29, 0.717) is 47.3 Å². The largest absolute Gasteiger partial charge is 0.508 e. The molecule has 30 heavy (non-hydrogen) atoms. The predicted molar refractivity (Wildman–Crippen MR) is 112 cm³/mol. The molecule has 0 atom stereocenters. The van der Waals surface area contributed by atoms with Crippen molar-refractivity contribution in [2.24, 2.45) is 11.8 Å². The van der Waals surface area contributed by atoms with Crippen LogP contribution in [0.15, 0.2) is 36.4 Å². The van der Waals surface area contributed by atoms with Gasteiger partial charge in [-0.3, -0.25) is 0 Å². The van der Waals surface area contributed by atoms with Gasteiger partial charge in [-0.15, -0.1) is 0 Å². The number of hydrogen-bond donors (Lipinski definition) is 2. The lowest BCUT2D eigenvalue weighted by Crippen LogP contribution is -2.24. The molecule has 0 unspecified atom stereocenters. The molecule has 1 saturated carbocycles. The quantitative estimate of drug-likeness (QED) is 0.677. The Labute approximate surface area is 176 Å². The molecule has 0 radical (unpaired) electrons. The number of phenolic OH excluding ortho intramolecular Hbond substituents is 2. The van der Waals surface area contributed by atoms with Gasteiger partial charge in [0.2, 0.25) is 0 Å². The highest BCUT2D eigenvalue weighted by molar-refractivity contribution is 5.91. The van der Waals surface area contributed by atoms with E-state index in [2.05, 4.69) is 0 Å². The zero-order chi connectivity index (χ0) is 21.7. The number of aryl methyl sites for hydroxylation is 2. The third kappa shape index (κ3) is 5.53. The van der Waals surface area contributed by atoms with Crippen molar-refractivity contribution in [3.05, 3.63) is 58.7 Å². The average Bonchev–Trinajstić information content (AvgIpc) is 2.71. The third-order valence-corrected chi connectivity index (χ3v) is 5.73. The van der Waals surface area contributed by atoms with Crippen LogP contribution in [-0.4, -0.2) is 35.4 Å². The maximum absolute atomic E-state index is 12.3. The molecular weight excluding hydrogens is 384 g/mol. The highest BCUT2D eigenvalue weighted by Gasteiger charge is 2.24. The Morgan fingerprint density at radius 2 is 1.13 bits per heavy atom. The van der Waals surface area contributed by atoms with E-state index in [1.54, 1.807) is 38.1 Å². The van der Waals surface area contributed by atoms with Crippen molar-refractivity contribution in [2.45, 2.75) is 39.5 Å². The lowest BCUT2D eigenvalue weighted by Gasteiger charge is -2.28. The Morgan fingerprint density at radius 1 is 0.767 bits per heavy atom. The molecule has 2 aromatic rings. The van der Waals surface area contributed by atoms with Gasteiger partial charge >= 0.3 is 11.9 Å². The summed E-state index contributed by atoms with van der Waals surface area (Å²) in [5, 5.41) is 18.9. The summed E-state index contributed by atoms with van der Waals surface area (Å²) >= 11 is 0. The van der Waals surface area contributed by atoms with Gasteiger partial charge in [-0.2, -0.15) is 0 Å². The van der Waals surface area contributed by atoms with Gasteiger partial charge in [-0.1, -0.05) is 0 Å². The molecule has 0 heterocycles. The van der Waals surface area contributed by atoms with Crippen LogP contribution in [0.3, 0.4) is 0 Å². The summed E-state index contributed by atoms with van der Waals surface area (Å²) in [6.45, 7) is 4.28. The zero-order valence-electron chi connectivity index (χ0n) is 17.4. The van der Waals surface area contributed by atoms with Gasteiger partial charge < -0.3 is 19.7 Å². The van der Waals surface area contributed by atoms with Crippen molar-refractivity contribution >= 4 is 11.9 Å². The van der Waals surface area contributed by atoms with Gasteiger partial charge in [0.25, 0.3) is 0 Å². The van der Waals surface area contributed by atoms with Gasteiger partial charge in [0, 0.05) is 0 Å². The number of phenols is 2. The molecule has 0 aromatic heterocycles. The number of carbonyl (C=O) groups excluding carboxylic acids is 2. The second-order valence-electron chi connectivity index (χ2n) is 8.08. The minimum Gasteiger partial charge on any atom is -0.508 e. The second kappa shape index (κ2) is 9.65. The highest BCUT2D eigenvalue weighted by Crippen LogP contribution is 2.30. The number of benzene rings is 2. The standard InChI is InChI=1S/C24H28O6/c1-15-11-19(25)7-9-21(15)23(27)29-13-17-3-5-18(6-4-17)14-30-24(28)22-10-8-20(26)12-16(22)2/h7-12,17-18,25-26H,3-6,13-14H2,1-2H3. The van der Waals surface area contributed by atoms with Crippen LogP contribution in [0.4, 0.5) is 0 Å². The molecule has 2 aromatic carbocycles. The number of hydrogen-bond acceptors (Lipinski definition) is 6. The SMILES string of the molecule is Cc1cc(O)ccc1C(=O)OCC1CCC(COC(=O)c2ccc(O)cc2C)CC1. The van der Waals surface area contributed by atoms with Crippen molar-refractivity contribution in [1.82, 2.24) is 0 Å². The van der Waals surface area contributed by atoms with Crippen LogP contribution in [0.1, 0.15) is 57.5 Å². The van der Waals surface area contributed by atoms with Gasteiger partial charge in [-0.25, -0.2) is 9.59 Å². The number of ether oxygens (including phenoxy) is 2. The average molecular weight is 412 g/mol. The molecule has 160 valence electrons. The molecule has 1 fully saturated rings. The molecule has 6 nitrogen and oxygen atoms in total. The number of aromatic hydroxyl groups is 2. The van der Waals surface area contributed by atoms with Crippen molar-refractivity contribution in [3.8, 4) is 11.5 Å². The normalized spacial score (nSPS) is 18.6. The van der Waals surface area contributed by atoms with Crippen molar-refractivity contribution in [3.63, 3.8) is 0 Å². The van der Waals surface area contributed by atoms with Gasteiger partial charge in [0.15, 0.2) is 0 Å². The van der Waals surface area contributed by atoms with Crippen molar-refractivity contribution < 1.29 is 29.3 Å². The minimum absolute atomic E-state index is 0.128. The summed E-state index contributed by atoms with van der Waals surface area (Å²) in [4.78, 5) is 24.5. The molecule has 1 aliphatic carbocycles. The minimum atomic E-state index is -0.368. The fourth-order valence-electron chi connectivity index (χ4n) is 3.86. The molecule has 0 bridgehead atoms. The molecule has 1 aliphatic rings. The molecule has 3 rings (SSSR count). The zero-order valence-corrected chi connectivity index (χ0v) is 17.4. The molecule has 6 heteroatoms. The lowest BCUT2D eigenvalue weighted by atomic mass is 9.83. The van der Waals surface area contributed by atoms with E-state index >= 15 is 0 Å². The first-order chi connectivity index (χ1) is 14.3. The first-order valence-electron chi connectivity index (χ1n) is 10.3. The maximum Gasteiger partial charge on any atom is 0.338 e. The van der Waals surface area contributed by atoms with Crippen LogP contribution in [0, 0.1) is 25.7 Å². The summed E-state index contributed by atoms with van der Waals surface area (Å²) in [5.41, 5.74) is 2.32. The van der Waals surface area contributed by atoms with E-state index in [1.807, 2.05) is 0 Å². The van der Waals surface area contributed by atoms with Crippen LogP contribution in [-0.2, 0) is 9.47 Å². The Kier molecular flexibility index (Phi) is 6.98. The van der Waals surface area contributed by atoms with Crippen LogP contribution in [0.2, 0.25) is 0 Å². The number of rotatable bonds is 6. The van der Waals surface area contributed by atoms with Gasteiger partial charge in [0.1, 0.15) is 11.5 Å². The predicted octanol–water partition coefficient (Wildman–Crippen LogP) is 4.53. The molecule has 2 N–H and O–H groups in total. The Morgan fingerprint density at radius 3 is 1.47 bits per heavy atom. The van der Waals surface area contributed by atoms with Crippen LogP contribution < -0.4 is 0 Å². The van der Waals surface area contributed by atoms with Crippen LogP contribution in [0.25, 0.3) is 0 Å². The molecule has 0 saturated heterocycles. The summed E-state index contributed by atoms with van der Waals surface area (Å²) in [5.74, 6) is 0.128. The Balaban J connectivity index is 1.40. The van der Waals surface area contributed by atoms with Gasteiger partial charge in [0.05, 0.1) is 24.3 Å². The van der Waals surface area contributed by atoms with E-state index in [9.17, 15) is 19.8 Å². The Bertz CT molecular complexity index is 836. The van der Waals surface area contributed by atoms with E-state index in [1.165, 1.54) is 12.1 Å². The summed E-state index contributed by atoms with van der Waals surface area (Å²) < 4.78 is 11.0. The fourth-order valence-corrected chi connectivity index (χ4v) is 3.86. The van der Waals surface area contributed by atoms with Crippen molar-refractivity contribution in [1.29, 1.82) is 0 Å². The van der Waals surface area contributed by atoms with Crippen LogP contribution in [0.5, 0.6) is 11.5 Å². The summed E-state index contributed by atoms with van der Waals surface area (Å²) in [7, 11) is 0. The van der Waals surface area contributed by atoms with Crippen molar-refractivity contribution in [2.75, 3.05) is 13.2 Å². The monoisotopic (exact) mass is 412 g/mol. The summed E-state index contributed by atoms with van der Waals surface area (Å²) in [6.07, 6.45) is 3.68. The lowest BCUT2D eigenvalue weighted by molar-refractivity contribution is 0.0296. The molecule has 0 spiro atoms. The van der Waals surface area contributed by atoms with E-state index in [-0.39, 0.29) is 23.4 Å². The third-order valence-electron chi connectivity index (χ3n) is 5.73. The molecular formula is C24H28O6. The number of carbonyl (C=O) groups is 2. The van der Waals surface area contributed by atoms with E-state index in [0.717, 1.165) is 25.7 Å². The first kappa shape index (κ1) is 21.7.